The van der Waals surface area contributed by atoms with E-state index in [1.165, 1.54) is 22.4 Å². The number of guanidine groups is 1. The smallest absolute Gasteiger partial charge is 0.191 e. The summed E-state index contributed by atoms with van der Waals surface area (Å²) < 4.78 is 5.61. The molecule has 21 heavy (non-hydrogen) atoms. The van der Waals surface area contributed by atoms with Crippen molar-refractivity contribution in [2.45, 2.75) is 37.3 Å². The fraction of sp³-hybridized carbons (Fsp3) is 0.562. The lowest BCUT2D eigenvalue weighted by molar-refractivity contribution is 0.114. The second-order valence-corrected chi connectivity index (χ2v) is 6.11. The highest BCUT2D eigenvalue weighted by Crippen LogP contribution is 2.21. The van der Waals surface area contributed by atoms with E-state index in [9.17, 15) is 0 Å². The van der Waals surface area contributed by atoms with E-state index in [4.69, 9.17) is 4.74 Å². The number of hydrogen-bond acceptors (Lipinski definition) is 3. The number of nitrogens with one attached hydrogen (secondary N) is 2. The van der Waals surface area contributed by atoms with Crippen LogP contribution in [0.1, 0.15) is 24.0 Å². The normalized spacial score (nSPS) is 18.8. The third-order valence-corrected chi connectivity index (χ3v) is 4.45. The summed E-state index contributed by atoms with van der Waals surface area (Å²) in [7, 11) is 1.80. The summed E-state index contributed by atoms with van der Waals surface area (Å²) in [6, 6.07) is 6.56. The van der Waals surface area contributed by atoms with Crippen molar-refractivity contribution in [3.05, 3.63) is 29.3 Å². The predicted molar refractivity (Wildman–Crippen MR) is 90.1 cm³/mol. The highest BCUT2D eigenvalue weighted by Gasteiger charge is 2.15. The largest absolute Gasteiger partial charge is 0.376 e. The van der Waals surface area contributed by atoms with Crippen LogP contribution in [0.3, 0.4) is 0 Å². The van der Waals surface area contributed by atoms with Crippen LogP contribution in [-0.4, -0.2) is 38.5 Å². The second-order valence-electron chi connectivity index (χ2n) is 5.26. The molecule has 0 bridgehead atoms. The van der Waals surface area contributed by atoms with E-state index in [0.717, 1.165) is 32.1 Å². The molecule has 1 saturated heterocycles. The van der Waals surface area contributed by atoms with E-state index in [0.29, 0.717) is 6.10 Å². The van der Waals surface area contributed by atoms with Crippen LogP contribution in [0.5, 0.6) is 0 Å². The Labute approximate surface area is 131 Å². The first kappa shape index (κ1) is 16.2. The van der Waals surface area contributed by atoms with Crippen molar-refractivity contribution in [1.29, 1.82) is 0 Å². The number of aryl methyl sites for hydroxylation is 1. The van der Waals surface area contributed by atoms with Crippen molar-refractivity contribution in [1.82, 2.24) is 10.6 Å². The molecule has 1 aromatic carbocycles. The number of aliphatic imine (C=N–C) groups is 1. The van der Waals surface area contributed by atoms with Gasteiger partial charge >= 0.3 is 0 Å². The van der Waals surface area contributed by atoms with Gasteiger partial charge in [0.25, 0.3) is 0 Å². The van der Waals surface area contributed by atoms with Crippen LogP contribution >= 0.6 is 11.8 Å². The maximum atomic E-state index is 5.61. The molecule has 116 valence electrons. The summed E-state index contributed by atoms with van der Waals surface area (Å²) in [6.07, 6.45) is 4.74. The number of nitrogens with zero attached hydrogens (tertiary/aromatic N) is 1. The second kappa shape index (κ2) is 8.29. The van der Waals surface area contributed by atoms with Crippen LogP contribution in [0.15, 0.2) is 28.1 Å². The Morgan fingerprint density at radius 3 is 2.95 bits per heavy atom. The topological polar surface area (TPSA) is 45.7 Å². The molecule has 0 saturated carbocycles. The van der Waals surface area contributed by atoms with E-state index >= 15 is 0 Å². The third-order valence-electron chi connectivity index (χ3n) is 3.63. The molecule has 2 rings (SSSR count). The molecule has 1 aliphatic heterocycles. The average Bonchev–Trinajstić information content (AvgIpc) is 3.01. The molecule has 0 amide bonds. The van der Waals surface area contributed by atoms with Gasteiger partial charge in [0.2, 0.25) is 0 Å². The van der Waals surface area contributed by atoms with Gasteiger partial charge in [-0.2, -0.15) is 0 Å². The van der Waals surface area contributed by atoms with E-state index in [2.05, 4.69) is 47.0 Å². The van der Waals surface area contributed by atoms with Crippen LogP contribution in [0, 0.1) is 6.92 Å². The Hall–Kier alpha value is -1.20. The van der Waals surface area contributed by atoms with Gasteiger partial charge in [0.05, 0.1) is 6.10 Å². The van der Waals surface area contributed by atoms with E-state index in [1.54, 1.807) is 18.8 Å². The first-order chi connectivity index (χ1) is 10.2. The van der Waals surface area contributed by atoms with Crippen molar-refractivity contribution >= 4 is 17.7 Å². The Morgan fingerprint density at radius 1 is 1.43 bits per heavy atom. The van der Waals surface area contributed by atoms with Gasteiger partial charge in [0, 0.05) is 31.6 Å². The highest BCUT2D eigenvalue weighted by atomic mass is 32.2. The summed E-state index contributed by atoms with van der Waals surface area (Å²) >= 11 is 1.78. The number of hydrogen-bond donors (Lipinski definition) is 2. The zero-order valence-electron chi connectivity index (χ0n) is 13.1. The van der Waals surface area contributed by atoms with Crippen LogP contribution in [0.2, 0.25) is 0 Å². The summed E-state index contributed by atoms with van der Waals surface area (Å²) in [4.78, 5) is 5.59. The molecule has 1 unspecified atom stereocenters. The van der Waals surface area contributed by atoms with Gasteiger partial charge in [-0.1, -0.05) is 12.1 Å². The van der Waals surface area contributed by atoms with Crippen molar-refractivity contribution in [2.75, 3.05) is 26.5 Å². The first-order valence-electron chi connectivity index (χ1n) is 7.42. The monoisotopic (exact) mass is 307 g/mol. The van der Waals surface area contributed by atoms with Crippen LogP contribution in [0.25, 0.3) is 0 Å². The van der Waals surface area contributed by atoms with Crippen molar-refractivity contribution in [2.24, 2.45) is 4.99 Å². The maximum Gasteiger partial charge on any atom is 0.191 e. The van der Waals surface area contributed by atoms with Gasteiger partial charge in [-0.25, -0.2) is 0 Å². The molecule has 2 N–H and O–H groups in total. The molecule has 0 aromatic heterocycles. The van der Waals surface area contributed by atoms with Gasteiger partial charge in [0.1, 0.15) is 0 Å². The van der Waals surface area contributed by atoms with E-state index in [-0.39, 0.29) is 0 Å². The minimum Gasteiger partial charge on any atom is -0.376 e. The molecule has 0 aliphatic carbocycles. The quantitative estimate of drug-likeness (QED) is 0.498. The molecule has 1 aliphatic rings. The van der Waals surface area contributed by atoms with Crippen LogP contribution in [-0.2, 0) is 11.3 Å². The molecule has 0 radical (unpaired) electrons. The summed E-state index contributed by atoms with van der Waals surface area (Å²) in [5.41, 5.74) is 2.59. The summed E-state index contributed by atoms with van der Waals surface area (Å²) in [5, 5.41) is 6.71. The molecule has 1 fully saturated rings. The Kier molecular flexibility index (Phi) is 6.39. The molecule has 4 nitrogen and oxygen atoms in total. The van der Waals surface area contributed by atoms with E-state index < -0.39 is 0 Å². The van der Waals surface area contributed by atoms with Gasteiger partial charge in [-0.3, -0.25) is 4.99 Å². The molecule has 1 atom stereocenters. The molecule has 1 aromatic rings. The minimum absolute atomic E-state index is 0.324. The first-order valence-corrected chi connectivity index (χ1v) is 8.65. The van der Waals surface area contributed by atoms with Gasteiger partial charge in [0.15, 0.2) is 5.96 Å². The minimum atomic E-state index is 0.324. The Bertz CT molecular complexity index is 484. The Balaban J connectivity index is 1.85. The van der Waals surface area contributed by atoms with Crippen molar-refractivity contribution in [3.63, 3.8) is 0 Å². The zero-order valence-corrected chi connectivity index (χ0v) is 13.9. The molecular formula is C16H25N3OS. The van der Waals surface area contributed by atoms with Crippen LogP contribution in [0.4, 0.5) is 0 Å². The maximum absolute atomic E-state index is 5.61. The number of ether oxygens (including phenoxy) is 1. The third kappa shape index (κ3) is 4.93. The summed E-state index contributed by atoms with van der Waals surface area (Å²) in [6.45, 7) is 4.61. The van der Waals surface area contributed by atoms with Gasteiger partial charge in [-0.15, -0.1) is 11.8 Å². The lowest BCUT2D eigenvalue weighted by atomic mass is 10.1. The number of benzene rings is 1. The van der Waals surface area contributed by atoms with E-state index in [1.807, 2.05) is 0 Å². The zero-order chi connectivity index (χ0) is 15.1. The lowest BCUT2D eigenvalue weighted by Gasteiger charge is -2.16. The van der Waals surface area contributed by atoms with Crippen LogP contribution < -0.4 is 10.6 Å². The fourth-order valence-electron chi connectivity index (χ4n) is 2.41. The van der Waals surface area contributed by atoms with Gasteiger partial charge in [-0.05, 0) is 43.2 Å². The average molecular weight is 307 g/mol. The molecular weight excluding hydrogens is 282 g/mol. The van der Waals surface area contributed by atoms with Gasteiger partial charge < -0.3 is 15.4 Å². The molecule has 5 heteroatoms. The fourth-order valence-corrected chi connectivity index (χ4v) is 3.12. The Morgan fingerprint density at radius 2 is 2.29 bits per heavy atom. The van der Waals surface area contributed by atoms with Crippen molar-refractivity contribution < 1.29 is 4.74 Å². The molecule has 0 spiro atoms. The molecule has 1 heterocycles. The number of thioether (sulfide) groups is 1. The van der Waals surface area contributed by atoms with Crippen molar-refractivity contribution in [3.8, 4) is 0 Å². The predicted octanol–water partition coefficient (Wildman–Crippen LogP) is 2.56. The summed E-state index contributed by atoms with van der Waals surface area (Å²) in [5.74, 6) is 0.832. The SMILES string of the molecule is CN=C(NCc1ccc(C)cc1SC)NCC1CCCO1. The highest BCUT2D eigenvalue weighted by molar-refractivity contribution is 7.98. The standard InChI is InChI=1S/C16H25N3OS/c1-12-6-7-13(15(9-12)21-3)10-18-16(17-2)19-11-14-5-4-8-20-14/h6-7,9,14H,4-5,8,10-11H2,1-3H3,(H2,17,18,19). The number of rotatable bonds is 5. The lowest BCUT2D eigenvalue weighted by Crippen LogP contribution is -2.40.